The van der Waals surface area contributed by atoms with Gasteiger partial charge in [0.05, 0.1) is 0 Å². The summed E-state index contributed by atoms with van der Waals surface area (Å²) in [4.78, 5) is 13.2. The first-order valence-corrected chi connectivity index (χ1v) is 10.1. The quantitative estimate of drug-likeness (QED) is 0.415. The van der Waals surface area contributed by atoms with Crippen molar-refractivity contribution in [2.75, 3.05) is 13.6 Å². The number of rotatable bonds is 9. The van der Waals surface area contributed by atoms with E-state index in [2.05, 4.69) is 37.8 Å². The van der Waals surface area contributed by atoms with Crippen LogP contribution in [0.15, 0.2) is 36.9 Å². The summed E-state index contributed by atoms with van der Waals surface area (Å²) in [6, 6.07) is 9.11. The molecule has 0 aromatic heterocycles. The minimum absolute atomic E-state index is 0.00711. The zero-order valence-corrected chi connectivity index (χ0v) is 16.2. The predicted octanol–water partition coefficient (Wildman–Crippen LogP) is 5.73. The van der Waals surface area contributed by atoms with Crippen molar-refractivity contribution in [2.45, 2.75) is 70.6 Å². The fourth-order valence-corrected chi connectivity index (χ4v) is 3.99. The largest absolute Gasteiger partial charge is 0.342 e. The van der Waals surface area contributed by atoms with Gasteiger partial charge >= 0.3 is 0 Å². The van der Waals surface area contributed by atoms with Crippen LogP contribution < -0.4 is 0 Å². The maximum absolute atomic E-state index is 11.5. The molecule has 25 heavy (non-hydrogen) atoms. The van der Waals surface area contributed by atoms with E-state index in [1.54, 1.807) is 4.90 Å². The van der Waals surface area contributed by atoms with Gasteiger partial charge < -0.3 is 4.90 Å². The Labute approximate surface area is 154 Å². The second kappa shape index (κ2) is 10.4. The smallest absolute Gasteiger partial charge is 0.245 e. The number of carbonyl (C=O) groups is 1. The lowest BCUT2D eigenvalue weighted by Crippen LogP contribution is -2.26. The molecule has 0 atom stereocenters. The number of likely N-dealkylation sites (N-methyl/N-ethyl adjacent to an activating group) is 1. The van der Waals surface area contributed by atoms with Crippen molar-refractivity contribution in [1.29, 1.82) is 0 Å². The number of amides is 1. The van der Waals surface area contributed by atoms with Crippen LogP contribution in [0.2, 0.25) is 0 Å². The Morgan fingerprint density at radius 2 is 1.84 bits per heavy atom. The number of hydrogen-bond donors (Lipinski definition) is 0. The monoisotopic (exact) mass is 341 g/mol. The van der Waals surface area contributed by atoms with E-state index in [-0.39, 0.29) is 5.91 Å². The standard InChI is InChI=1S/C23H35NO/c1-4-6-7-8-19-9-13-21(14-10-19)22-15-11-20(12-16-22)17-18-24(3)23(25)5-2/h5,11-12,15-16,19,21H,2,4,6-10,13-14,17-18H2,1,3H3. The number of hydrogen-bond acceptors (Lipinski definition) is 1. The molecule has 138 valence electrons. The molecule has 1 aliphatic carbocycles. The molecule has 0 spiro atoms. The highest BCUT2D eigenvalue weighted by molar-refractivity contribution is 5.86. The molecule has 0 unspecified atom stereocenters. The SMILES string of the molecule is C=CC(=O)N(C)CCc1ccc(C2CCC(CCCCC)CC2)cc1. The lowest BCUT2D eigenvalue weighted by Gasteiger charge is -2.29. The molecule has 1 saturated carbocycles. The van der Waals surface area contributed by atoms with Gasteiger partial charge in [0.25, 0.3) is 0 Å². The highest BCUT2D eigenvalue weighted by atomic mass is 16.2. The Bertz CT molecular complexity index is 526. The molecule has 2 heteroatoms. The van der Waals surface area contributed by atoms with Crippen LogP contribution in [0.25, 0.3) is 0 Å². The van der Waals surface area contributed by atoms with Crippen LogP contribution in [0.4, 0.5) is 0 Å². The van der Waals surface area contributed by atoms with Gasteiger partial charge in [0, 0.05) is 13.6 Å². The second-order valence-corrected chi connectivity index (χ2v) is 7.67. The summed E-state index contributed by atoms with van der Waals surface area (Å²) in [5, 5.41) is 0. The third-order valence-electron chi connectivity index (χ3n) is 5.80. The number of benzene rings is 1. The maximum atomic E-state index is 11.5. The third kappa shape index (κ3) is 6.34. The number of unbranched alkanes of at least 4 members (excludes halogenated alkanes) is 2. The molecule has 1 fully saturated rings. The minimum Gasteiger partial charge on any atom is -0.342 e. The van der Waals surface area contributed by atoms with Gasteiger partial charge in [0.1, 0.15) is 0 Å². The summed E-state index contributed by atoms with van der Waals surface area (Å²) in [5.74, 6) is 1.72. The van der Waals surface area contributed by atoms with Gasteiger partial charge in [0.15, 0.2) is 0 Å². The summed E-state index contributed by atoms with van der Waals surface area (Å²) < 4.78 is 0. The van der Waals surface area contributed by atoms with Crippen LogP contribution in [-0.2, 0) is 11.2 Å². The molecule has 0 aliphatic heterocycles. The zero-order chi connectivity index (χ0) is 18.1. The number of carbonyl (C=O) groups excluding carboxylic acids is 1. The van der Waals surface area contributed by atoms with E-state index in [0.29, 0.717) is 0 Å². The lowest BCUT2D eigenvalue weighted by molar-refractivity contribution is -0.124. The first kappa shape index (κ1) is 19.8. The molecule has 1 aromatic rings. The van der Waals surface area contributed by atoms with E-state index in [9.17, 15) is 4.79 Å². The topological polar surface area (TPSA) is 20.3 Å². The van der Waals surface area contributed by atoms with Crippen LogP contribution in [0.1, 0.15) is 75.3 Å². The van der Waals surface area contributed by atoms with Gasteiger partial charge in [-0.05, 0) is 61.1 Å². The average Bonchev–Trinajstić information content (AvgIpc) is 2.66. The highest BCUT2D eigenvalue weighted by Gasteiger charge is 2.21. The van der Waals surface area contributed by atoms with Gasteiger partial charge in [-0.1, -0.05) is 63.5 Å². The molecule has 0 saturated heterocycles. The van der Waals surface area contributed by atoms with Crippen LogP contribution >= 0.6 is 0 Å². The Balaban J connectivity index is 1.77. The Hall–Kier alpha value is -1.57. The van der Waals surface area contributed by atoms with Crippen LogP contribution in [0.5, 0.6) is 0 Å². The first-order chi connectivity index (χ1) is 12.1. The van der Waals surface area contributed by atoms with Crippen LogP contribution in [0.3, 0.4) is 0 Å². The average molecular weight is 342 g/mol. The molecule has 2 rings (SSSR count). The molecular formula is C23H35NO. The molecule has 0 N–H and O–H groups in total. The highest BCUT2D eigenvalue weighted by Crippen LogP contribution is 2.37. The van der Waals surface area contributed by atoms with E-state index in [4.69, 9.17) is 0 Å². The van der Waals surface area contributed by atoms with Gasteiger partial charge in [-0.3, -0.25) is 4.79 Å². The molecule has 1 aliphatic rings. The van der Waals surface area contributed by atoms with Gasteiger partial charge in [-0.25, -0.2) is 0 Å². The van der Waals surface area contributed by atoms with Crippen molar-refractivity contribution in [3.05, 3.63) is 48.0 Å². The van der Waals surface area contributed by atoms with E-state index in [1.807, 2.05) is 7.05 Å². The van der Waals surface area contributed by atoms with Gasteiger partial charge in [0.2, 0.25) is 5.91 Å². The number of nitrogens with zero attached hydrogens (tertiary/aromatic N) is 1. The Morgan fingerprint density at radius 1 is 1.16 bits per heavy atom. The molecule has 0 bridgehead atoms. The summed E-state index contributed by atoms with van der Waals surface area (Å²) in [6.07, 6.45) is 13.4. The fourth-order valence-electron chi connectivity index (χ4n) is 3.99. The lowest BCUT2D eigenvalue weighted by atomic mass is 9.77. The Morgan fingerprint density at radius 3 is 2.44 bits per heavy atom. The summed E-state index contributed by atoms with van der Waals surface area (Å²) in [7, 11) is 1.83. The normalized spacial score (nSPS) is 20.2. The molecular weight excluding hydrogens is 306 g/mol. The Kier molecular flexibility index (Phi) is 8.24. The minimum atomic E-state index is -0.00711. The van der Waals surface area contributed by atoms with Gasteiger partial charge in [-0.15, -0.1) is 0 Å². The van der Waals surface area contributed by atoms with Gasteiger partial charge in [-0.2, -0.15) is 0 Å². The van der Waals surface area contributed by atoms with Crippen molar-refractivity contribution in [1.82, 2.24) is 4.90 Å². The van der Waals surface area contributed by atoms with Crippen molar-refractivity contribution in [2.24, 2.45) is 5.92 Å². The predicted molar refractivity (Wildman–Crippen MR) is 107 cm³/mol. The maximum Gasteiger partial charge on any atom is 0.245 e. The van der Waals surface area contributed by atoms with Crippen molar-refractivity contribution in [3.8, 4) is 0 Å². The second-order valence-electron chi connectivity index (χ2n) is 7.67. The third-order valence-corrected chi connectivity index (χ3v) is 5.80. The van der Waals surface area contributed by atoms with Crippen molar-refractivity contribution in [3.63, 3.8) is 0 Å². The van der Waals surface area contributed by atoms with Crippen molar-refractivity contribution >= 4 is 5.91 Å². The molecule has 0 heterocycles. The molecule has 0 radical (unpaired) electrons. The van der Waals surface area contributed by atoms with E-state index >= 15 is 0 Å². The summed E-state index contributed by atoms with van der Waals surface area (Å²) in [6.45, 7) is 6.57. The van der Waals surface area contributed by atoms with E-state index in [1.165, 1.54) is 68.6 Å². The van der Waals surface area contributed by atoms with Crippen LogP contribution in [-0.4, -0.2) is 24.4 Å². The molecule has 1 aromatic carbocycles. The van der Waals surface area contributed by atoms with Crippen molar-refractivity contribution < 1.29 is 4.79 Å². The summed E-state index contributed by atoms with van der Waals surface area (Å²) in [5.41, 5.74) is 2.81. The van der Waals surface area contributed by atoms with E-state index < -0.39 is 0 Å². The fraction of sp³-hybridized carbons (Fsp3) is 0.609. The molecule has 2 nitrogen and oxygen atoms in total. The zero-order valence-electron chi connectivity index (χ0n) is 16.2. The summed E-state index contributed by atoms with van der Waals surface area (Å²) >= 11 is 0. The first-order valence-electron chi connectivity index (χ1n) is 10.1. The van der Waals surface area contributed by atoms with E-state index in [0.717, 1.165) is 24.8 Å². The molecule has 1 amide bonds. The van der Waals surface area contributed by atoms with Crippen LogP contribution in [0, 0.1) is 5.92 Å².